The van der Waals surface area contributed by atoms with Gasteiger partial charge in [0.1, 0.15) is 5.60 Å². The van der Waals surface area contributed by atoms with Crippen molar-refractivity contribution in [3.05, 3.63) is 65.7 Å². The number of nitrogens with zero attached hydrogens (tertiary/aromatic N) is 2. The molecule has 4 rings (SSSR count). The largest absolute Gasteiger partial charge is 0.444 e. The monoisotopic (exact) mass is 394 g/mol. The summed E-state index contributed by atoms with van der Waals surface area (Å²) in [5, 5.41) is 9.26. The number of carbonyl (C=O) groups is 1. The van der Waals surface area contributed by atoms with E-state index in [2.05, 4.69) is 47.5 Å². The summed E-state index contributed by atoms with van der Waals surface area (Å²) in [6, 6.07) is 18.7. The zero-order valence-electron chi connectivity index (χ0n) is 17.5. The number of rotatable bonds is 1. The first-order chi connectivity index (χ1) is 13.8. The van der Waals surface area contributed by atoms with Gasteiger partial charge in [-0.25, -0.2) is 4.79 Å². The Morgan fingerprint density at radius 1 is 1.03 bits per heavy atom. The summed E-state index contributed by atoms with van der Waals surface area (Å²) in [7, 11) is 0. The Hall–Kier alpha value is -2.66. The van der Waals surface area contributed by atoms with E-state index in [4.69, 9.17) is 4.74 Å². The minimum Gasteiger partial charge on any atom is -0.444 e. The molecule has 0 saturated carbocycles. The van der Waals surface area contributed by atoms with E-state index < -0.39 is 5.60 Å². The number of aliphatic hydroxyl groups excluding tert-OH is 1. The van der Waals surface area contributed by atoms with Crippen LogP contribution >= 0.6 is 0 Å². The van der Waals surface area contributed by atoms with Gasteiger partial charge < -0.3 is 14.7 Å². The first-order valence-electron chi connectivity index (χ1n) is 10.2. The molecule has 0 unspecified atom stereocenters. The highest BCUT2D eigenvalue weighted by molar-refractivity contribution is 6.06. The summed E-state index contributed by atoms with van der Waals surface area (Å²) in [5.74, 6) is 0. The van der Waals surface area contributed by atoms with E-state index in [9.17, 15) is 9.90 Å². The molecular weight excluding hydrogens is 364 g/mol. The number of amides is 1. The van der Waals surface area contributed by atoms with E-state index in [1.54, 1.807) is 4.90 Å². The van der Waals surface area contributed by atoms with Crippen LogP contribution in [0.15, 0.2) is 59.6 Å². The number of hydrogen-bond acceptors (Lipinski definition) is 4. The fourth-order valence-corrected chi connectivity index (χ4v) is 3.31. The molecule has 154 valence electrons. The van der Waals surface area contributed by atoms with Gasteiger partial charge in [-0.2, -0.15) is 0 Å². The number of hydrogen-bond donors (Lipinski definition) is 1. The lowest BCUT2D eigenvalue weighted by molar-refractivity contribution is 0.0101. The molecule has 1 amide bonds. The van der Waals surface area contributed by atoms with Gasteiger partial charge in [-0.05, 0) is 50.8 Å². The summed E-state index contributed by atoms with van der Waals surface area (Å²) in [5.41, 5.74) is 4.42. The average molecular weight is 395 g/mol. The van der Waals surface area contributed by atoms with Crippen molar-refractivity contribution in [1.29, 1.82) is 0 Å². The third-order valence-corrected chi connectivity index (χ3v) is 4.83. The van der Waals surface area contributed by atoms with Gasteiger partial charge in [0.25, 0.3) is 0 Å². The number of piperidine rings is 1. The number of carbonyl (C=O) groups excluding carboxylic acids is 1. The van der Waals surface area contributed by atoms with Gasteiger partial charge in [0, 0.05) is 19.5 Å². The zero-order chi connectivity index (χ0) is 20.9. The average Bonchev–Trinajstić information content (AvgIpc) is 3.13. The number of likely N-dealkylation sites (tertiary alicyclic amines) is 1. The third-order valence-electron chi connectivity index (χ3n) is 4.83. The lowest BCUT2D eigenvalue weighted by atomic mass is 10.0. The van der Waals surface area contributed by atoms with Crippen LogP contribution in [0.2, 0.25) is 0 Å². The molecule has 0 bridgehead atoms. The SMILES string of the molecule is CC(C)(C)OC(=O)N1CCC(O)CC1.c1ccc(C2=Nc3ccccc3C2)cc1. The Morgan fingerprint density at radius 3 is 2.28 bits per heavy atom. The van der Waals surface area contributed by atoms with E-state index in [0.29, 0.717) is 25.9 Å². The number of fused-ring (bicyclic) bond motifs is 1. The first-order valence-corrected chi connectivity index (χ1v) is 10.2. The number of benzene rings is 2. The molecule has 0 aliphatic carbocycles. The van der Waals surface area contributed by atoms with Crippen LogP contribution in [0.1, 0.15) is 44.7 Å². The van der Waals surface area contributed by atoms with Crippen molar-refractivity contribution in [2.45, 2.75) is 51.7 Å². The molecule has 2 heterocycles. The van der Waals surface area contributed by atoms with Crippen molar-refractivity contribution in [2.24, 2.45) is 4.99 Å². The molecule has 2 aromatic carbocycles. The van der Waals surface area contributed by atoms with Gasteiger partial charge in [0.15, 0.2) is 0 Å². The number of ether oxygens (including phenoxy) is 1. The van der Waals surface area contributed by atoms with Crippen molar-refractivity contribution < 1.29 is 14.6 Å². The molecule has 0 spiro atoms. The van der Waals surface area contributed by atoms with Crippen LogP contribution in [0.4, 0.5) is 10.5 Å². The summed E-state index contributed by atoms with van der Waals surface area (Å²) in [6.45, 7) is 6.74. The van der Waals surface area contributed by atoms with Crippen molar-refractivity contribution in [2.75, 3.05) is 13.1 Å². The molecule has 0 aromatic heterocycles. The highest BCUT2D eigenvalue weighted by atomic mass is 16.6. The molecule has 5 nitrogen and oxygen atoms in total. The summed E-state index contributed by atoms with van der Waals surface area (Å²) < 4.78 is 5.22. The lowest BCUT2D eigenvalue weighted by Gasteiger charge is -2.31. The van der Waals surface area contributed by atoms with Crippen LogP contribution in [-0.2, 0) is 11.2 Å². The number of aliphatic imine (C=N–C) groups is 1. The second-order valence-corrected chi connectivity index (χ2v) is 8.43. The normalized spacial score (nSPS) is 16.4. The summed E-state index contributed by atoms with van der Waals surface area (Å²) >= 11 is 0. The van der Waals surface area contributed by atoms with Gasteiger partial charge in [-0.1, -0.05) is 48.5 Å². The van der Waals surface area contributed by atoms with Crippen molar-refractivity contribution >= 4 is 17.5 Å². The van der Waals surface area contributed by atoms with Crippen LogP contribution in [0.25, 0.3) is 0 Å². The molecule has 1 N–H and O–H groups in total. The second-order valence-electron chi connectivity index (χ2n) is 8.43. The van der Waals surface area contributed by atoms with Crippen LogP contribution in [-0.4, -0.2) is 46.6 Å². The lowest BCUT2D eigenvalue weighted by Crippen LogP contribution is -2.42. The number of aliphatic hydroxyl groups is 1. The molecule has 1 fully saturated rings. The standard InChI is InChI=1S/C14H11N.C10H19NO3/c1-2-6-11(7-3-1)14-10-12-8-4-5-9-13(12)15-14;1-10(2,3)14-9(13)11-6-4-8(12)5-7-11/h1-9H,10H2;8,12H,4-7H2,1-3H3. The maximum Gasteiger partial charge on any atom is 0.410 e. The van der Waals surface area contributed by atoms with Gasteiger partial charge in [0.2, 0.25) is 0 Å². The maximum atomic E-state index is 11.5. The van der Waals surface area contributed by atoms with Gasteiger partial charge in [-0.15, -0.1) is 0 Å². The summed E-state index contributed by atoms with van der Waals surface area (Å²) in [6.07, 6.45) is 1.73. The molecule has 29 heavy (non-hydrogen) atoms. The minimum absolute atomic E-state index is 0.256. The highest BCUT2D eigenvalue weighted by Crippen LogP contribution is 2.28. The quantitative estimate of drug-likeness (QED) is 0.760. The Labute approximate surface area is 173 Å². The molecule has 1 saturated heterocycles. The molecule has 2 aromatic rings. The minimum atomic E-state index is -0.437. The zero-order valence-corrected chi connectivity index (χ0v) is 17.5. The van der Waals surface area contributed by atoms with Crippen molar-refractivity contribution in [3.8, 4) is 0 Å². The molecule has 2 aliphatic heterocycles. The fourth-order valence-electron chi connectivity index (χ4n) is 3.31. The number of para-hydroxylation sites is 1. The van der Waals surface area contributed by atoms with Gasteiger partial charge >= 0.3 is 6.09 Å². The third kappa shape index (κ3) is 6.16. The van der Waals surface area contributed by atoms with E-state index >= 15 is 0 Å². The van der Waals surface area contributed by atoms with E-state index in [0.717, 1.165) is 12.1 Å². The van der Waals surface area contributed by atoms with Gasteiger partial charge in [0.05, 0.1) is 17.5 Å². The molecule has 5 heteroatoms. The van der Waals surface area contributed by atoms with Crippen LogP contribution in [0.5, 0.6) is 0 Å². The molecule has 0 atom stereocenters. The van der Waals surface area contributed by atoms with E-state index in [1.807, 2.05) is 32.9 Å². The van der Waals surface area contributed by atoms with Crippen molar-refractivity contribution in [1.82, 2.24) is 4.90 Å². The fraction of sp³-hybridized carbons (Fsp3) is 0.417. The first kappa shape index (κ1) is 21.1. The molecule has 0 radical (unpaired) electrons. The van der Waals surface area contributed by atoms with E-state index in [-0.39, 0.29) is 12.2 Å². The van der Waals surface area contributed by atoms with Crippen LogP contribution in [0, 0.1) is 0 Å². The highest BCUT2D eigenvalue weighted by Gasteiger charge is 2.25. The Kier molecular flexibility index (Phi) is 6.70. The van der Waals surface area contributed by atoms with Crippen LogP contribution in [0.3, 0.4) is 0 Å². The predicted octanol–water partition coefficient (Wildman–Crippen LogP) is 4.74. The van der Waals surface area contributed by atoms with E-state index in [1.165, 1.54) is 16.8 Å². The Bertz CT molecular complexity index is 848. The second kappa shape index (κ2) is 9.23. The molecular formula is C24H30N2O3. The topological polar surface area (TPSA) is 62.1 Å². The van der Waals surface area contributed by atoms with Crippen molar-refractivity contribution in [3.63, 3.8) is 0 Å². The smallest absolute Gasteiger partial charge is 0.410 e. The van der Waals surface area contributed by atoms with Crippen LogP contribution < -0.4 is 0 Å². The summed E-state index contributed by atoms with van der Waals surface area (Å²) in [4.78, 5) is 17.8. The Morgan fingerprint density at radius 2 is 1.66 bits per heavy atom. The predicted molar refractivity (Wildman–Crippen MR) is 116 cm³/mol. The Balaban J connectivity index is 0.000000166. The van der Waals surface area contributed by atoms with Gasteiger partial charge in [-0.3, -0.25) is 4.99 Å². The maximum absolute atomic E-state index is 11.5. The molecule has 2 aliphatic rings.